The molecule has 1 aromatic carbocycles. The van der Waals surface area contributed by atoms with Gasteiger partial charge in [0.05, 0.1) is 13.2 Å². The van der Waals surface area contributed by atoms with Gasteiger partial charge in [0.15, 0.2) is 5.22 Å². The van der Waals surface area contributed by atoms with Crippen LogP contribution in [0.25, 0.3) is 0 Å². The Morgan fingerprint density at radius 1 is 1.18 bits per heavy atom. The van der Waals surface area contributed by atoms with Gasteiger partial charge in [-0.2, -0.15) is 0 Å². The minimum Gasteiger partial charge on any atom is -0.448 e. The number of nitrogens with one attached hydrogen (secondary N) is 1. The minimum atomic E-state index is 0.414. The first kappa shape index (κ1) is 12.0. The number of furan rings is 1. The van der Waals surface area contributed by atoms with Crippen LogP contribution in [0.15, 0.2) is 40.8 Å². The van der Waals surface area contributed by atoms with E-state index in [2.05, 4.69) is 5.32 Å². The molecule has 0 saturated carbocycles. The molecule has 0 aliphatic carbocycles. The first-order chi connectivity index (χ1) is 8.28. The molecule has 0 aliphatic heterocycles. The van der Waals surface area contributed by atoms with Gasteiger partial charge >= 0.3 is 0 Å². The van der Waals surface area contributed by atoms with E-state index in [1.165, 1.54) is 0 Å². The molecule has 17 heavy (non-hydrogen) atoms. The normalized spacial score (nSPS) is 10.5. The number of anilines is 1. The second-order valence-electron chi connectivity index (χ2n) is 3.69. The minimum absolute atomic E-state index is 0.414. The Kier molecular flexibility index (Phi) is 4.07. The fourth-order valence-electron chi connectivity index (χ4n) is 1.52. The lowest BCUT2D eigenvalue weighted by molar-refractivity contribution is 0.185. The van der Waals surface area contributed by atoms with Crippen LogP contribution in [-0.4, -0.2) is 7.11 Å². The van der Waals surface area contributed by atoms with Crippen molar-refractivity contribution in [3.05, 3.63) is 52.9 Å². The Morgan fingerprint density at radius 3 is 2.53 bits per heavy atom. The monoisotopic (exact) mass is 251 g/mol. The van der Waals surface area contributed by atoms with Crippen molar-refractivity contribution in [3.63, 3.8) is 0 Å². The predicted molar refractivity (Wildman–Crippen MR) is 68.2 cm³/mol. The van der Waals surface area contributed by atoms with Gasteiger partial charge in [-0.3, -0.25) is 0 Å². The van der Waals surface area contributed by atoms with Crippen molar-refractivity contribution in [2.24, 2.45) is 0 Å². The third kappa shape index (κ3) is 3.51. The van der Waals surface area contributed by atoms with Gasteiger partial charge in [-0.25, -0.2) is 0 Å². The number of rotatable bonds is 5. The van der Waals surface area contributed by atoms with Gasteiger partial charge < -0.3 is 14.5 Å². The highest BCUT2D eigenvalue weighted by Crippen LogP contribution is 2.15. The van der Waals surface area contributed by atoms with E-state index in [0.29, 0.717) is 18.4 Å². The average molecular weight is 252 g/mol. The van der Waals surface area contributed by atoms with Gasteiger partial charge in [0.25, 0.3) is 0 Å². The topological polar surface area (TPSA) is 34.4 Å². The van der Waals surface area contributed by atoms with E-state index < -0.39 is 0 Å². The quantitative estimate of drug-likeness (QED) is 0.880. The summed E-state index contributed by atoms with van der Waals surface area (Å²) in [5.74, 6) is 0.816. The predicted octanol–water partition coefficient (Wildman–Crippen LogP) is 3.69. The van der Waals surface area contributed by atoms with Crippen LogP contribution >= 0.6 is 11.6 Å². The molecule has 0 spiro atoms. The molecule has 0 unspecified atom stereocenters. The summed E-state index contributed by atoms with van der Waals surface area (Å²) in [5.41, 5.74) is 2.19. The van der Waals surface area contributed by atoms with Gasteiger partial charge in [0, 0.05) is 12.8 Å². The third-order valence-electron chi connectivity index (χ3n) is 2.36. The zero-order chi connectivity index (χ0) is 12.1. The summed E-state index contributed by atoms with van der Waals surface area (Å²) >= 11 is 5.69. The summed E-state index contributed by atoms with van der Waals surface area (Å²) < 4.78 is 10.3. The van der Waals surface area contributed by atoms with E-state index in [9.17, 15) is 0 Å². The summed E-state index contributed by atoms with van der Waals surface area (Å²) in [4.78, 5) is 0. The zero-order valence-corrected chi connectivity index (χ0v) is 10.3. The number of halogens is 1. The molecule has 2 aromatic rings. The largest absolute Gasteiger partial charge is 0.448 e. The van der Waals surface area contributed by atoms with Crippen molar-refractivity contribution in [2.45, 2.75) is 13.2 Å². The van der Waals surface area contributed by atoms with Gasteiger partial charge in [0.2, 0.25) is 0 Å². The maximum absolute atomic E-state index is 5.69. The van der Waals surface area contributed by atoms with E-state index in [1.807, 2.05) is 30.3 Å². The Labute approximate surface area is 105 Å². The number of hydrogen-bond acceptors (Lipinski definition) is 3. The van der Waals surface area contributed by atoms with Crippen LogP contribution in [0.1, 0.15) is 11.3 Å². The second-order valence-corrected chi connectivity index (χ2v) is 4.06. The van der Waals surface area contributed by atoms with Crippen LogP contribution in [0.4, 0.5) is 5.69 Å². The van der Waals surface area contributed by atoms with E-state index in [4.69, 9.17) is 20.8 Å². The zero-order valence-electron chi connectivity index (χ0n) is 9.57. The summed E-state index contributed by atoms with van der Waals surface area (Å²) in [7, 11) is 1.69. The molecular formula is C13H14ClNO2. The van der Waals surface area contributed by atoms with Gasteiger partial charge in [-0.1, -0.05) is 12.1 Å². The molecular weight excluding hydrogens is 238 g/mol. The van der Waals surface area contributed by atoms with Gasteiger partial charge in [-0.05, 0) is 41.4 Å². The van der Waals surface area contributed by atoms with Crippen molar-refractivity contribution >= 4 is 17.3 Å². The lowest BCUT2D eigenvalue weighted by atomic mass is 10.2. The summed E-state index contributed by atoms with van der Waals surface area (Å²) in [5, 5.41) is 3.66. The Balaban J connectivity index is 1.90. The maximum Gasteiger partial charge on any atom is 0.193 e. The van der Waals surface area contributed by atoms with E-state index in [1.54, 1.807) is 13.2 Å². The smallest absolute Gasteiger partial charge is 0.193 e. The fraction of sp³-hybridized carbons (Fsp3) is 0.231. The number of methoxy groups -OCH3 is 1. The Morgan fingerprint density at radius 2 is 1.94 bits per heavy atom. The summed E-state index contributed by atoms with van der Waals surface area (Å²) in [6, 6.07) is 11.7. The molecule has 90 valence electrons. The van der Waals surface area contributed by atoms with Crippen molar-refractivity contribution < 1.29 is 9.15 Å². The van der Waals surface area contributed by atoms with E-state index in [0.717, 1.165) is 17.0 Å². The number of ether oxygens (including phenoxy) is 1. The Bertz CT molecular complexity index is 465. The highest BCUT2D eigenvalue weighted by molar-refractivity contribution is 6.28. The van der Waals surface area contributed by atoms with E-state index >= 15 is 0 Å². The third-order valence-corrected chi connectivity index (χ3v) is 2.56. The van der Waals surface area contributed by atoms with E-state index in [-0.39, 0.29) is 0 Å². The van der Waals surface area contributed by atoms with Crippen molar-refractivity contribution in [1.29, 1.82) is 0 Å². The molecule has 0 bridgehead atoms. The molecule has 1 heterocycles. The van der Waals surface area contributed by atoms with Crippen molar-refractivity contribution in [2.75, 3.05) is 12.4 Å². The molecule has 3 nitrogen and oxygen atoms in total. The molecule has 2 rings (SSSR count). The lowest BCUT2D eigenvalue weighted by Gasteiger charge is -2.05. The maximum atomic E-state index is 5.69. The molecule has 0 atom stereocenters. The summed E-state index contributed by atoms with van der Waals surface area (Å²) in [6.45, 7) is 1.25. The first-order valence-corrected chi connectivity index (χ1v) is 5.71. The highest BCUT2D eigenvalue weighted by atomic mass is 35.5. The second kappa shape index (κ2) is 5.75. The molecule has 0 fully saturated rings. The molecule has 0 aliphatic rings. The average Bonchev–Trinajstić information content (AvgIpc) is 2.75. The molecule has 1 N–H and O–H groups in total. The lowest BCUT2D eigenvalue weighted by Crippen LogP contribution is -1.98. The number of hydrogen-bond donors (Lipinski definition) is 1. The highest BCUT2D eigenvalue weighted by Gasteiger charge is 1.99. The first-order valence-electron chi connectivity index (χ1n) is 5.34. The Hall–Kier alpha value is -1.45. The molecule has 0 radical (unpaired) electrons. The van der Waals surface area contributed by atoms with Crippen LogP contribution in [0.3, 0.4) is 0 Å². The van der Waals surface area contributed by atoms with Crippen LogP contribution in [-0.2, 0) is 17.9 Å². The number of benzene rings is 1. The molecule has 0 saturated heterocycles. The van der Waals surface area contributed by atoms with Crippen molar-refractivity contribution in [3.8, 4) is 0 Å². The molecule has 1 aromatic heterocycles. The van der Waals surface area contributed by atoms with Gasteiger partial charge in [0.1, 0.15) is 5.76 Å². The van der Waals surface area contributed by atoms with Crippen LogP contribution in [0, 0.1) is 0 Å². The van der Waals surface area contributed by atoms with Crippen molar-refractivity contribution in [1.82, 2.24) is 0 Å². The molecule has 0 amide bonds. The standard InChI is InChI=1S/C13H14ClNO2/c1-16-9-10-2-4-11(5-3-10)15-8-12-6-7-13(14)17-12/h2-7,15H,8-9H2,1H3. The SMILES string of the molecule is COCc1ccc(NCc2ccc(Cl)o2)cc1. The fourth-order valence-corrected chi connectivity index (χ4v) is 1.68. The van der Waals surface area contributed by atoms with Crippen LogP contribution < -0.4 is 5.32 Å². The van der Waals surface area contributed by atoms with Crippen LogP contribution in [0.5, 0.6) is 0 Å². The van der Waals surface area contributed by atoms with Gasteiger partial charge in [-0.15, -0.1) is 0 Å². The molecule has 4 heteroatoms. The van der Waals surface area contributed by atoms with Crippen LogP contribution in [0.2, 0.25) is 5.22 Å². The summed E-state index contributed by atoms with van der Waals surface area (Å²) in [6.07, 6.45) is 0.